The van der Waals surface area contributed by atoms with Gasteiger partial charge < -0.3 is 45.2 Å². The van der Waals surface area contributed by atoms with Crippen LogP contribution >= 0.6 is 0 Å². The molecule has 2 atom stereocenters. The molecule has 0 N–H and O–H groups in total. The number of carbonyl (C=O) groups is 2. The molecule has 0 amide bonds. The normalized spacial score (nSPS) is 13.0. The molecule has 0 spiro atoms. The largest absolute Gasteiger partial charge is 1.00 e. The Hall–Kier alpha value is -0.343. The van der Waals surface area contributed by atoms with Crippen molar-refractivity contribution in [2.24, 2.45) is 10.8 Å². The first-order chi connectivity index (χ1) is 33.5. The number of esters is 2. The van der Waals surface area contributed by atoms with Crippen LogP contribution in [-0.2, 0) is 66.0 Å². The van der Waals surface area contributed by atoms with Crippen molar-refractivity contribution in [2.45, 2.75) is 198 Å². The number of alkyl halides is 3. The first-order valence-corrected chi connectivity index (χ1v) is 36.4. The second-order valence-electron chi connectivity index (χ2n) is 20.1. The molecular formula is C51H105F3KNO15S2Si3. The molecule has 0 aliphatic carbocycles. The molecule has 0 aliphatic rings. The zero-order chi connectivity index (χ0) is 57.4. The maximum atomic E-state index is 12.0. The van der Waals surface area contributed by atoms with Crippen LogP contribution in [0.25, 0.3) is 4.13 Å². The maximum Gasteiger partial charge on any atom is 1.00 e. The fraction of sp³-hybridized carbons (Fsp3) is 0.843. The summed E-state index contributed by atoms with van der Waals surface area (Å²) in [6.07, 6.45) is 6.52. The van der Waals surface area contributed by atoms with Gasteiger partial charge in [-0.1, -0.05) is 88.3 Å². The Kier molecular flexibility index (Phi) is 49.6. The minimum absolute atomic E-state index is 0. The van der Waals surface area contributed by atoms with Crippen LogP contribution in [0.3, 0.4) is 0 Å². The molecule has 2 unspecified atom stereocenters. The van der Waals surface area contributed by atoms with E-state index in [0.29, 0.717) is 50.9 Å². The molecule has 0 heterocycles. The number of unbranched alkanes of at least 4 members (excludes halogenated alkanes) is 1. The molecule has 1 rings (SSSR count). The summed E-state index contributed by atoms with van der Waals surface area (Å²) in [4.78, 5) is 23.5. The van der Waals surface area contributed by atoms with E-state index in [-0.39, 0.29) is 90.6 Å². The Morgan fingerprint density at radius 3 is 1.45 bits per heavy atom. The molecule has 0 radical (unpaired) electrons. The van der Waals surface area contributed by atoms with E-state index < -0.39 is 68.1 Å². The number of halogens is 3. The molecule has 0 bridgehead atoms. The van der Waals surface area contributed by atoms with Crippen molar-refractivity contribution in [3.63, 3.8) is 0 Å². The Labute approximate surface area is 506 Å². The predicted molar refractivity (Wildman–Crippen MR) is 305 cm³/mol. The van der Waals surface area contributed by atoms with Gasteiger partial charge in [-0.3, -0.25) is 9.59 Å². The van der Waals surface area contributed by atoms with Gasteiger partial charge in [0.05, 0.1) is 53.9 Å². The van der Waals surface area contributed by atoms with Crippen LogP contribution < -0.4 is 56.1 Å². The zero-order valence-corrected chi connectivity index (χ0v) is 56.8. The van der Waals surface area contributed by atoms with Gasteiger partial charge in [0.25, 0.3) is 0 Å². The van der Waals surface area contributed by atoms with Crippen LogP contribution in [0.15, 0.2) is 24.3 Å². The Bertz CT molecular complexity index is 1850. The van der Waals surface area contributed by atoms with E-state index in [0.717, 1.165) is 37.5 Å². The smallest absolute Gasteiger partial charge is 0.491 e. The van der Waals surface area contributed by atoms with Crippen LogP contribution in [0.2, 0.25) is 43.8 Å². The van der Waals surface area contributed by atoms with Crippen molar-refractivity contribution in [2.75, 3.05) is 73.8 Å². The Morgan fingerprint density at radius 2 is 1.08 bits per heavy atom. The molecule has 450 valence electrons. The molecule has 0 aliphatic heterocycles. The van der Waals surface area contributed by atoms with Gasteiger partial charge in [-0.2, -0.15) is 13.2 Å². The SMILES string of the molecule is C.C.CCC(C)(C)C(=O)OCCCS(=O)(=O)[N-]S(=O)(=O)C(F)(F)F.CCC(C)[Si](OC)(OC)OC.CCC(C)c1ccc(OCCOCCOC)cc1.CCCC[Si](C)(C)O[Si](C)(C)CCCOC(=O)C(C)(C)CC.[K+]. The molecule has 25 heteroatoms. The van der Waals surface area contributed by atoms with Gasteiger partial charge in [-0.25, -0.2) is 16.8 Å². The number of nitrogens with zero attached hydrogens (tertiary/aromatic N) is 1. The van der Waals surface area contributed by atoms with E-state index in [4.69, 9.17) is 41.1 Å². The monoisotopic (exact) mass is 1220 g/mol. The van der Waals surface area contributed by atoms with E-state index in [9.17, 15) is 39.6 Å². The van der Waals surface area contributed by atoms with E-state index in [2.05, 4.69) is 72.9 Å². The van der Waals surface area contributed by atoms with Crippen LogP contribution in [0.1, 0.15) is 154 Å². The predicted octanol–water partition coefficient (Wildman–Crippen LogP) is 10.7. The minimum atomic E-state index is -6.11. The second-order valence-corrected chi connectivity index (χ2v) is 35.9. The van der Waals surface area contributed by atoms with E-state index in [1.807, 2.05) is 37.0 Å². The summed E-state index contributed by atoms with van der Waals surface area (Å²) in [6, 6.07) is 10.6. The average molecular weight is 1220 g/mol. The van der Waals surface area contributed by atoms with Gasteiger partial charge in [-0.05, 0) is 128 Å². The second kappa shape index (κ2) is 43.4. The number of ether oxygens (including phenoxy) is 5. The molecular weight excluding hydrogens is 1110 g/mol. The fourth-order valence-electron chi connectivity index (χ4n) is 6.12. The summed E-state index contributed by atoms with van der Waals surface area (Å²) in [5.74, 6) is -0.142. The number of rotatable bonds is 33. The standard InChI is InChI=1S/C17H38O3Si2.C15H24O3.C10H17F3NO6S2.C7H18O3Si.2CH4.K/c1-9-11-14-21(5,6)20-22(7,8)15-12-13-19-16(18)17(3,4)10-2;1-4-13(2)14-5-7-15(8-6-14)18-12-11-17-10-9-16-3;1-4-9(2,3)8(15)20-6-5-7-21(16,17)14-22(18,19)10(11,12)13;1-6-7(2)11(8-3,9-4)10-5;;;/h9-15H2,1-8H3;5-8,13H,4,9-12H2,1-3H3;4-7H2,1-3H3;7H,6H2,1-5H3;2*1H4;/q;;-1;;;;+1. The first kappa shape index (κ1) is 86.9. The molecule has 0 aromatic heterocycles. The van der Waals surface area contributed by atoms with Gasteiger partial charge in [0.15, 0.2) is 26.7 Å². The van der Waals surface area contributed by atoms with Crippen molar-refractivity contribution >= 4 is 57.4 Å². The van der Waals surface area contributed by atoms with Crippen molar-refractivity contribution in [1.82, 2.24) is 0 Å². The fourth-order valence-corrected chi connectivity index (χ4v) is 19.6. The maximum absolute atomic E-state index is 12.0. The summed E-state index contributed by atoms with van der Waals surface area (Å²) in [5.41, 5.74) is -5.19. The summed E-state index contributed by atoms with van der Waals surface area (Å²) < 4.78 is 130. The zero-order valence-electron chi connectivity index (χ0n) is 49.0. The number of sulfonamides is 2. The quantitative estimate of drug-likeness (QED) is 0.0365. The minimum Gasteiger partial charge on any atom is -0.491 e. The Balaban J connectivity index is -0.000000217. The van der Waals surface area contributed by atoms with Gasteiger partial charge in [0, 0.05) is 39.7 Å². The van der Waals surface area contributed by atoms with Crippen LogP contribution in [0.4, 0.5) is 13.2 Å². The van der Waals surface area contributed by atoms with Crippen molar-refractivity contribution in [3.05, 3.63) is 34.0 Å². The number of hydrogen-bond donors (Lipinski definition) is 0. The third-order valence-corrected chi connectivity index (χ3v) is 26.0. The van der Waals surface area contributed by atoms with Crippen LogP contribution in [0, 0.1) is 10.8 Å². The van der Waals surface area contributed by atoms with Crippen LogP contribution in [0.5, 0.6) is 5.75 Å². The molecule has 0 fully saturated rings. The number of benzene rings is 1. The molecule has 1 aromatic carbocycles. The van der Waals surface area contributed by atoms with E-state index in [1.54, 1.807) is 49.2 Å². The van der Waals surface area contributed by atoms with Gasteiger partial charge in [0.2, 0.25) is 0 Å². The third kappa shape index (κ3) is 38.4. The average Bonchev–Trinajstić information content (AvgIpc) is 3.32. The summed E-state index contributed by atoms with van der Waals surface area (Å²) in [6.45, 7) is 33.6. The van der Waals surface area contributed by atoms with Crippen LogP contribution in [-0.4, -0.2) is 134 Å². The summed E-state index contributed by atoms with van der Waals surface area (Å²) in [7, 11) is -9.83. The topological polar surface area (TPSA) is 200 Å². The third-order valence-electron chi connectivity index (χ3n) is 12.1. The molecule has 16 nitrogen and oxygen atoms in total. The number of methoxy groups -OCH3 is 1. The number of carbonyl (C=O) groups excluding carboxylic acids is 2. The van der Waals surface area contributed by atoms with Gasteiger partial charge in [0.1, 0.15) is 12.4 Å². The molecule has 1 aromatic rings. The van der Waals surface area contributed by atoms with Crippen molar-refractivity contribution < 1.29 is 132 Å². The van der Waals surface area contributed by atoms with Gasteiger partial charge in [-0.15, -0.1) is 0 Å². The molecule has 76 heavy (non-hydrogen) atoms. The van der Waals surface area contributed by atoms with Crippen molar-refractivity contribution in [1.29, 1.82) is 0 Å². The van der Waals surface area contributed by atoms with Crippen molar-refractivity contribution in [3.8, 4) is 5.75 Å². The van der Waals surface area contributed by atoms with E-state index >= 15 is 0 Å². The van der Waals surface area contributed by atoms with E-state index in [1.165, 1.54) is 24.4 Å². The number of hydrogen-bond acceptors (Lipinski definition) is 15. The Morgan fingerprint density at radius 1 is 0.645 bits per heavy atom. The first-order valence-electron chi connectivity index (χ1n) is 25.3. The summed E-state index contributed by atoms with van der Waals surface area (Å²) >= 11 is 0. The molecule has 0 saturated heterocycles. The van der Waals surface area contributed by atoms with Gasteiger partial charge >= 0.3 is 77.6 Å². The molecule has 0 saturated carbocycles. The summed E-state index contributed by atoms with van der Waals surface area (Å²) in [5, 5.41) is 0.